The van der Waals surface area contributed by atoms with Gasteiger partial charge in [-0.25, -0.2) is 0 Å². The van der Waals surface area contributed by atoms with Crippen molar-refractivity contribution in [2.24, 2.45) is 0 Å². The van der Waals surface area contributed by atoms with Crippen LogP contribution in [0.15, 0.2) is 42.7 Å². The lowest BCUT2D eigenvalue weighted by molar-refractivity contribution is -0.134. The van der Waals surface area contributed by atoms with E-state index in [1.165, 1.54) is 11.1 Å². The van der Waals surface area contributed by atoms with Crippen LogP contribution in [0.2, 0.25) is 5.02 Å². The Kier molecular flexibility index (Phi) is 5.95. The van der Waals surface area contributed by atoms with Gasteiger partial charge >= 0.3 is 0 Å². The first-order chi connectivity index (χ1) is 13.6. The second-order valence-electron chi connectivity index (χ2n) is 7.85. The highest BCUT2D eigenvalue weighted by Crippen LogP contribution is 2.32. The number of aromatic nitrogens is 1. The Hall–Kier alpha value is -1.95. The van der Waals surface area contributed by atoms with Crippen molar-refractivity contribution >= 4 is 17.5 Å². The Morgan fingerprint density at radius 1 is 1.32 bits per heavy atom. The summed E-state index contributed by atoms with van der Waals surface area (Å²) in [5.74, 6) is 0.512. The summed E-state index contributed by atoms with van der Waals surface area (Å²) in [5, 5.41) is 0.676. The summed E-state index contributed by atoms with van der Waals surface area (Å²) in [6.45, 7) is 3.80. The molecular weight excluding hydrogens is 372 g/mol. The van der Waals surface area contributed by atoms with Crippen molar-refractivity contribution < 1.29 is 4.79 Å². The fourth-order valence-corrected chi connectivity index (χ4v) is 4.86. The third kappa shape index (κ3) is 4.07. The highest BCUT2D eigenvalue weighted by Gasteiger charge is 2.40. The molecule has 1 aromatic carbocycles. The van der Waals surface area contributed by atoms with Crippen LogP contribution in [0.3, 0.4) is 0 Å². The molecule has 148 valence electrons. The van der Waals surface area contributed by atoms with E-state index >= 15 is 0 Å². The minimum absolute atomic E-state index is 0.186. The molecule has 2 fully saturated rings. The zero-order chi connectivity index (χ0) is 19.5. The van der Waals surface area contributed by atoms with E-state index in [1.807, 2.05) is 36.7 Å². The van der Waals surface area contributed by atoms with Crippen LogP contribution in [-0.2, 0) is 11.2 Å². The third-order valence-electron chi connectivity index (χ3n) is 6.02. The number of pyridine rings is 1. The van der Waals surface area contributed by atoms with E-state index in [0.29, 0.717) is 17.4 Å². The number of hydrazine groups is 1. The molecule has 2 aliphatic heterocycles. The molecule has 0 spiro atoms. The van der Waals surface area contributed by atoms with Crippen LogP contribution in [-0.4, -0.2) is 41.0 Å². The molecule has 1 aromatic heterocycles. The molecule has 3 atom stereocenters. The first-order valence-electron chi connectivity index (χ1n) is 10.1. The third-order valence-corrected chi connectivity index (χ3v) is 6.25. The molecule has 28 heavy (non-hydrogen) atoms. The zero-order valence-corrected chi connectivity index (χ0v) is 17.0. The minimum Gasteiger partial charge on any atom is -0.338 e. The van der Waals surface area contributed by atoms with E-state index in [1.54, 1.807) is 0 Å². The Balaban J connectivity index is 1.54. The van der Waals surface area contributed by atoms with Crippen LogP contribution in [0.25, 0.3) is 0 Å². The molecule has 2 aromatic rings. The van der Waals surface area contributed by atoms with Gasteiger partial charge in [0.15, 0.2) is 0 Å². The number of amides is 1. The molecule has 3 heterocycles. The second kappa shape index (κ2) is 8.60. The van der Waals surface area contributed by atoms with Crippen molar-refractivity contribution in [3.63, 3.8) is 0 Å². The fourth-order valence-electron chi connectivity index (χ4n) is 4.65. The minimum atomic E-state index is 0.186. The van der Waals surface area contributed by atoms with Crippen LogP contribution in [0.5, 0.6) is 0 Å². The van der Waals surface area contributed by atoms with E-state index in [4.69, 9.17) is 11.6 Å². The number of nitrogens with zero attached hydrogens (tertiary/aromatic N) is 2. The van der Waals surface area contributed by atoms with Crippen molar-refractivity contribution in [1.82, 2.24) is 20.7 Å². The van der Waals surface area contributed by atoms with Gasteiger partial charge in [-0.05, 0) is 61.1 Å². The number of halogens is 1. The van der Waals surface area contributed by atoms with Gasteiger partial charge in [0.1, 0.15) is 0 Å². The first-order valence-corrected chi connectivity index (χ1v) is 10.4. The number of carbonyl (C=O) groups is 1. The van der Waals surface area contributed by atoms with Crippen LogP contribution in [0.4, 0.5) is 0 Å². The van der Waals surface area contributed by atoms with Crippen LogP contribution in [0.1, 0.15) is 41.9 Å². The number of nitrogens with one attached hydrogen (secondary N) is 2. The molecular formula is C22H27ClN4O. The number of piperidine rings is 1. The SMILES string of the molecule is Cc1cnccc1C1CNNC1C1CCCCN1C(=O)Cc1cccc(Cl)c1. The molecule has 5 nitrogen and oxygen atoms in total. The van der Waals surface area contributed by atoms with Crippen molar-refractivity contribution in [2.75, 3.05) is 13.1 Å². The second-order valence-corrected chi connectivity index (χ2v) is 8.28. The van der Waals surface area contributed by atoms with E-state index in [0.717, 1.165) is 37.9 Å². The van der Waals surface area contributed by atoms with E-state index < -0.39 is 0 Å². The lowest BCUT2D eigenvalue weighted by Crippen LogP contribution is -2.55. The normalized spacial score (nSPS) is 25.1. The maximum absolute atomic E-state index is 13.2. The number of benzene rings is 1. The zero-order valence-electron chi connectivity index (χ0n) is 16.2. The average Bonchev–Trinajstić information content (AvgIpc) is 3.18. The standard InChI is InChI=1S/C22H27ClN4O/c1-15-13-24-9-8-18(15)19-14-25-26-22(19)20-7-2-3-10-27(20)21(28)12-16-5-4-6-17(23)11-16/h4-6,8-9,11,13,19-20,22,25-26H,2-3,7,10,12,14H2,1H3. The van der Waals surface area contributed by atoms with Crippen LogP contribution < -0.4 is 10.9 Å². The molecule has 0 radical (unpaired) electrons. The quantitative estimate of drug-likeness (QED) is 0.830. The van der Waals surface area contributed by atoms with Crippen molar-refractivity contribution in [1.29, 1.82) is 0 Å². The monoisotopic (exact) mass is 398 g/mol. The number of likely N-dealkylation sites (tertiary alicyclic amines) is 1. The van der Waals surface area contributed by atoms with E-state index in [2.05, 4.69) is 33.7 Å². The molecule has 0 bridgehead atoms. The van der Waals surface area contributed by atoms with Crippen molar-refractivity contribution in [3.8, 4) is 0 Å². The molecule has 4 rings (SSSR count). The maximum Gasteiger partial charge on any atom is 0.227 e. The lowest BCUT2D eigenvalue weighted by atomic mass is 9.83. The predicted molar refractivity (Wildman–Crippen MR) is 111 cm³/mol. The average molecular weight is 399 g/mol. The largest absolute Gasteiger partial charge is 0.338 e. The van der Waals surface area contributed by atoms with Gasteiger partial charge in [0, 0.05) is 48.5 Å². The lowest BCUT2D eigenvalue weighted by Gasteiger charge is -2.41. The summed E-state index contributed by atoms with van der Waals surface area (Å²) in [4.78, 5) is 19.5. The number of hydrogen-bond acceptors (Lipinski definition) is 4. The summed E-state index contributed by atoms with van der Waals surface area (Å²) in [5.41, 5.74) is 10.3. The molecule has 2 N–H and O–H groups in total. The van der Waals surface area contributed by atoms with Gasteiger partial charge in [0.2, 0.25) is 5.91 Å². The Morgan fingerprint density at radius 3 is 3.04 bits per heavy atom. The number of aryl methyl sites for hydroxylation is 1. The number of rotatable bonds is 4. The smallest absolute Gasteiger partial charge is 0.227 e. The van der Waals surface area contributed by atoms with Gasteiger partial charge in [0.05, 0.1) is 6.42 Å². The number of hydrogen-bond donors (Lipinski definition) is 2. The molecule has 1 amide bonds. The molecule has 2 aliphatic rings. The Morgan fingerprint density at radius 2 is 2.21 bits per heavy atom. The van der Waals surface area contributed by atoms with Crippen molar-refractivity contribution in [2.45, 2.75) is 50.6 Å². The van der Waals surface area contributed by atoms with E-state index in [9.17, 15) is 4.79 Å². The van der Waals surface area contributed by atoms with Gasteiger partial charge in [0.25, 0.3) is 0 Å². The number of carbonyl (C=O) groups excluding carboxylic acids is 1. The fraction of sp³-hybridized carbons (Fsp3) is 0.455. The van der Waals surface area contributed by atoms with Gasteiger partial charge in [-0.15, -0.1) is 0 Å². The van der Waals surface area contributed by atoms with Gasteiger partial charge in [-0.3, -0.25) is 20.6 Å². The molecule has 6 heteroatoms. The summed E-state index contributed by atoms with van der Waals surface area (Å²) >= 11 is 6.10. The highest BCUT2D eigenvalue weighted by molar-refractivity contribution is 6.30. The molecule has 2 saturated heterocycles. The molecule has 0 saturated carbocycles. The van der Waals surface area contributed by atoms with E-state index in [-0.39, 0.29) is 18.0 Å². The summed E-state index contributed by atoms with van der Waals surface area (Å²) < 4.78 is 0. The maximum atomic E-state index is 13.2. The summed E-state index contributed by atoms with van der Waals surface area (Å²) in [6.07, 6.45) is 7.44. The van der Waals surface area contributed by atoms with Gasteiger partial charge < -0.3 is 4.90 Å². The summed E-state index contributed by atoms with van der Waals surface area (Å²) in [6, 6.07) is 10.1. The van der Waals surface area contributed by atoms with Gasteiger partial charge in [-0.2, -0.15) is 0 Å². The van der Waals surface area contributed by atoms with Gasteiger partial charge in [-0.1, -0.05) is 23.7 Å². The van der Waals surface area contributed by atoms with Crippen LogP contribution >= 0.6 is 11.6 Å². The predicted octanol–water partition coefficient (Wildman–Crippen LogP) is 3.23. The topological polar surface area (TPSA) is 57.3 Å². The summed E-state index contributed by atoms with van der Waals surface area (Å²) in [7, 11) is 0. The van der Waals surface area contributed by atoms with Crippen LogP contribution in [0, 0.1) is 6.92 Å². The molecule has 0 aliphatic carbocycles. The molecule has 3 unspecified atom stereocenters. The van der Waals surface area contributed by atoms with Crippen molar-refractivity contribution in [3.05, 3.63) is 64.4 Å². The highest BCUT2D eigenvalue weighted by atomic mass is 35.5. The Labute approximate surface area is 171 Å². The Bertz CT molecular complexity index is 843. The first kappa shape index (κ1) is 19.4.